The van der Waals surface area contributed by atoms with Gasteiger partial charge in [-0.05, 0) is 69.1 Å². The molecular formula is C33H54N4. The van der Waals surface area contributed by atoms with E-state index in [1.165, 1.54) is 22.3 Å². The summed E-state index contributed by atoms with van der Waals surface area (Å²) in [6, 6.07) is 0.498. The van der Waals surface area contributed by atoms with Crippen LogP contribution in [-0.4, -0.2) is 46.7 Å². The minimum Gasteiger partial charge on any atom is -0.351 e. The summed E-state index contributed by atoms with van der Waals surface area (Å²) in [5.74, 6) is 0. The molecule has 0 N–H and O–H groups in total. The van der Waals surface area contributed by atoms with E-state index < -0.39 is 0 Å². The van der Waals surface area contributed by atoms with Crippen LogP contribution in [0, 0.1) is 0 Å². The summed E-state index contributed by atoms with van der Waals surface area (Å²) in [5, 5.41) is 7.07. The fraction of sp³-hybridized carbons (Fsp3) is 0.485. The number of hydrazone groups is 1. The summed E-state index contributed by atoms with van der Waals surface area (Å²) >= 11 is 0. The lowest BCUT2D eigenvalue weighted by Gasteiger charge is -2.40. The summed E-state index contributed by atoms with van der Waals surface area (Å²) in [6.07, 6.45) is 14.0. The highest BCUT2D eigenvalue weighted by molar-refractivity contribution is 6.04. The highest BCUT2D eigenvalue weighted by Crippen LogP contribution is 2.36. The molecule has 0 atom stereocenters. The van der Waals surface area contributed by atoms with Crippen molar-refractivity contribution >= 4 is 5.71 Å². The standard InChI is InChI=1S/C27H36N4.3C2H6/c1-9-24(13-12-19(2)3)31-22(7)26-18-30(20(4)5)16-14-25(26)27(28-31)17-23-11-10-15-29(8)21(23)6;3*1-2/h9-13,15,20H,1,6-7,14,16-18H2,2-5,8H3;3*1-2H3/b24-13+;;;. The Hall–Kier alpha value is -2.85. The molecule has 0 aromatic heterocycles. The van der Waals surface area contributed by atoms with E-state index in [-0.39, 0.29) is 0 Å². The second-order valence-corrected chi connectivity index (χ2v) is 8.88. The smallest absolute Gasteiger partial charge is 0.0694 e. The molecular weight excluding hydrogens is 452 g/mol. The molecule has 0 spiro atoms. The number of rotatable bonds is 6. The van der Waals surface area contributed by atoms with E-state index in [2.05, 4.69) is 81.5 Å². The van der Waals surface area contributed by atoms with Gasteiger partial charge in [0, 0.05) is 44.5 Å². The molecule has 0 aromatic rings. The maximum atomic E-state index is 5.10. The number of hydrogen-bond donors (Lipinski definition) is 0. The van der Waals surface area contributed by atoms with Crippen LogP contribution in [0.1, 0.15) is 82.1 Å². The average molecular weight is 507 g/mol. The molecule has 0 fully saturated rings. The molecule has 3 aliphatic rings. The Morgan fingerprint density at radius 2 is 1.62 bits per heavy atom. The molecule has 3 aliphatic heterocycles. The van der Waals surface area contributed by atoms with Gasteiger partial charge in [0.1, 0.15) is 0 Å². The molecule has 0 unspecified atom stereocenters. The highest BCUT2D eigenvalue weighted by atomic mass is 15.5. The van der Waals surface area contributed by atoms with E-state index >= 15 is 0 Å². The molecule has 0 aliphatic carbocycles. The molecule has 37 heavy (non-hydrogen) atoms. The second-order valence-electron chi connectivity index (χ2n) is 8.88. The van der Waals surface area contributed by atoms with Gasteiger partial charge < -0.3 is 4.90 Å². The number of likely N-dealkylation sites (N-methyl/N-ethyl adjacent to an activating group) is 1. The molecule has 3 heterocycles. The van der Waals surface area contributed by atoms with Crippen molar-refractivity contribution in [3.05, 3.63) is 95.7 Å². The molecule has 4 nitrogen and oxygen atoms in total. The third-order valence-corrected chi connectivity index (χ3v) is 6.08. The van der Waals surface area contributed by atoms with Crippen LogP contribution in [0.25, 0.3) is 0 Å². The van der Waals surface area contributed by atoms with Crippen molar-refractivity contribution in [2.75, 3.05) is 20.1 Å². The molecule has 0 amide bonds. The predicted molar refractivity (Wildman–Crippen MR) is 167 cm³/mol. The lowest BCUT2D eigenvalue weighted by Crippen LogP contribution is -2.41. The highest BCUT2D eigenvalue weighted by Gasteiger charge is 2.32. The monoisotopic (exact) mass is 506 g/mol. The average Bonchev–Trinajstić information content (AvgIpc) is 2.92. The van der Waals surface area contributed by atoms with Gasteiger partial charge in [0.15, 0.2) is 0 Å². The van der Waals surface area contributed by atoms with E-state index in [9.17, 15) is 0 Å². The predicted octanol–water partition coefficient (Wildman–Crippen LogP) is 8.99. The van der Waals surface area contributed by atoms with Gasteiger partial charge in [-0.15, -0.1) is 0 Å². The van der Waals surface area contributed by atoms with Crippen LogP contribution in [0.5, 0.6) is 0 Å². The lowest BCUT2D eigenvalue weighted by molar-refractivity contribution is 0.230. The summed E-state index contributed by atoms with van der Waals surface area (Å²) in [5.41, 5.74) is 9.07. The van der Waals surface area contributed by atoms with E-state index in [1.807, 2.05) is 65.9 Å². The van der Waals surface area contributed by atoms with Crippen molar-refractivity contribution < 1.29 is 0 Å². The Bertz CT molecular complexity index is 962. The molecule has 0 radical (unpaired) electrons. The zero-order valence-corrected chi connectivity index (χ0v) is 25.8. The summed E-state index contributed by atoms with van der Waals surface area (Å²) < 4.78 is 0. The van der Waals surface area contributed by atoms with E-state index in [4.69, 9.17) is 5.10 Å². The van der Waals surface area contributed by atoms with Crippen LogP contribution in [0.4, 0.5) is 0 Å². The first-order valence-electron chi connectivity index (χ1n) is 14.0. The maximum Gasteiger partial charge on any atom is 0.0694 e. The van der Waals surface area contributed by atoms with Crippen LogP contribution in [-0.2, 0) is 0 Å². The fourth-order valence-corrected chi connectivity index (χ4v) is 4.05. The van der Waals surface area contributed by atoms with Gasteiger partial charge in [-0.2, -0.15) is 5.10 Å². The van der Waals surface area contributed by atoms with Gasteiger partial charge in [-0.1, -0.05) is 79.0 Å². The number of allylic oxidation sites excluding steroid dienone is 7. The third kappa shape index (κ3) is 9.19. The van der Waals surface area contributed by atoms with Crippen molar-refractivity contribution in [2.45, 2.75) is 88.1 Å². The molecule has 0 bridgehead atoms. The lowest BCUT2D eigenvalue weighted by atomic mass is 9.88. The van der Waals surface area contributed by atoms with Crippen LogP contribution < -0.4 is 0 Å². The Morgan fingerprint density at radius 3 is 2.16 bits per heavy atom. The van der Waals surface area contributed by atoms with Crippen molar-refractivity contribution in [1.29, 1.82) is 0 Å². The van der Waals surface area contributed by atoms with E-state index in [0.29, 0.717) is 6.04 Å². The van der Waals surface area contributed by atoms with Crippen LogP contribution >= 0.6 is 0 Å². The molecule has 0 saturated carbocycles. The van der Waals surface area contributed by atoms with Crippen molar-refractivity contribution in [3.8, 4) is 0 Å². The topological polar surface area (TPSA) is 22.1 Å². The Labute approximate surface area is 229 Å². The van der Waals surface area contributed by atoms with Gasteiger partial charge in [-0.3, -0.25) is 4.90 Å². The van der Waals surface area contributed by atoms with Crippen LogP contribution in [0.15, 0.2) is 101 Å². The van der Waals surface area contributed by atoms with Gasteiger partial charge >= 0.3 is 0 Å². The number of nitrogens with zero attached hydrogens (tertiary/aromatic N) is 4. The molecule has 3 rings (SSSR count). The molecule has 0 saturated heterocycles. The van der Waals surface area contributed by atoms with Gasteiger partial charge in [-0.25, -0.2) is 5.01 Å². The van der Waals surface area contributed by atoms with Gasteiger partial charge in [0.05, 0.1) is 17.1 Å². The number of hydrogen-bond acceptors (Lipinski definition) is 4. The van der Waals surface area contributed by atoms with Crippen molar-refractivity contribution in [2.24, 2.45) is 5.10 Å². The largest absolute Gasteiger partial charge is 0.351 e. The SMILES string of the molecule is C=C/C(=C\C=C(C)C)N1N=C(CC2=CC=CN(C)C2=C)C2=C(CN(C(C)C)CC2)C1=C.CC.CC.CC. The van der Waals surface area contributed by atoms with Crippen molar-refractivity contribution in [3.63, 3.8) is 0 Å². The molecule has 0 aromatic carbocycles. The fourth-order valence-electron chi connectivity index (χ4n) is 4.05. The minimum absolute atomic E-state index is 0.498. The minimum atomic E-state index is 0.498. The molecule has 206 valence electrons. The first-order valence-corrected chi connectivity index (χ1v) is 14.0. The van der Waals surface area contributed by atoms with Gasteiger partial charge in [0.2, 0.25) is 0 Å². The summed E-state index contributed by atoms with van der Waals surface area (Å²) in [7, 11) is 2.03. The molecule has 4 heteroatoms. The van der Waals surface area contributed by atoms with Gasteiger partial charge in [0.25, 0.3) is 0 Å². The van der Waals surface area contributed by atoms with Crippen LogP contribution in [0.3, 0.4) is 0 Å². The third-order valence-electron chi connectivity index (χ3n) is 6.08. The first kappa shape index (κ1) is 34.1. The van der Waals surface area contributed by atoms with Crippen LogP contribution in [0.2, 0.25) is 0 Å². The Kier molecular flexibility index (Phi) is 16.2. The Balaban J connectivity index is 0.00000201. The summed E-state index contributed by atoms with van der Waals surface area (Å²) in [4.78, 5) is 4.57. The zero-order chi connectivity index (χ0) is 28.7. The quantitative estimate of drug-likeness (QED) is 0.336. The van der Waals surface area contributed by atoms with E-state index in [0.717, 1.165) is 48.7 Å². The van der Waals surface area contributed by atoms with E-state index in [1.54, 1.807) is 0 Å². The van der Waals surface area contributed by atoms with Crippen molar-refractivity contribution in [1.82, 2.24) is 14.8 Å². The Morgan fingerprint density at radius 1 is 1.00 bits per heavy atom. The first-order chi connectivity index (χ1) is 17.7. The normalized spacial score (nSPS) is 17.4. The maximum absolute atomic E-state index is 5.10. The zero-order valence-electron chi connectivity index (χ0n) is 25.8. The summed E-state index contributed by atoms with van der Waals surface area (Å²) in [6.45, 7) is 35.4. The second kappa shape index (κ2) is 17.6.